The Morgan fingerprint density at radius 1 is 1.32 bits per heavy atom. The van der Waals surface area contributed by atoms with Gasteiger partial charge in [0.05, 0.1) is 6.42 Å². The first-order valence-corrected chi connectivity index (χ1v) is 7.03. The summed E-state index contributed by atoms with van der Waals surface area (Å²) < 4.78 is 9.66. The molecule has 1 heterocycles. The minimum absolute atomic E-state index is 0.116. The Morgan fingerprint density at radius 3 is 2.59 bits per heavy atom. The van der Waals surface area contributed by atoms with Crippen molar-refractivity contribution >= 4 is 40.9 Å². The van der Waals surface area contributed by atoms with Crippen molar-refractivity contribution in [3.8, 4) is 0 Å². The number of nitrogens with one attached hydrogen (secondary N) is 1. The summed E-state index contributed by atoms with van der Waals surface area (Å²) in [5.74, 6) is -0.318. The van der Waals surface area contributed by atoms with Crippen LogP contribution in [0.25, 0.3) is 0 Å². The average Bonchev–Trinajstić information content (AvgIpc) is 2.86. The quantitative estimate of drug-likeness (QED) is 0.844. The SMILES string of the molecule is Cc1cc(NC(=O)COC(=O)Cc2c(Cl)cccc2Cl)no1. The summed E-state index contributed by atoms with van der Waals surface area (Å²) in [5.41, 5.74) is 0.461. The zero-order chi connectivity index (χ0) is 16.1. The predicted molar refractivity (Wildman–Crippen MR) is 81.0 cm³/mol. The van der Waals surface area contributed by atoms with Crippen molar-refractivity contribution in [3.05, 3.63) is 45.6 Å². The summed E-state index contributed by atoms with van der Waals surface area (Å²) >= 11 is 11.9. The van der Waals surface area contributed by atoms with E-state index in [0.717, 1.165) is 0 Å². The van der Waals surface area contributed by atoms with Gasteiger partial charge < -0.3 is 14.6 Å². The highest BCUT2D eigenvalue weighted by Gasteiger charge is 2.14. The van der Waals surface area contributed by atoms with Crippen LogP contribution >= 0.6 is 23.2 Å². The van der Waals surface area contributed by atoms with Crippen LogP contribution in [-0.4, -0.2) is 23.6 Å². The lowest BCUT2D eigenvalue weighted by Crippen LogP contribution is -2.21. The van der Waals surface area contributed by atoms with Gasteiger partial charge in [-0.2, -0.15) is 0 Å². The molecule has 0 fully saturated rings. The largest absolute Gasteiger partial charge is 0.455 e. The lowest BCUT2D eigenvalue weighted by atomic mass is 10.1. The third-order valence-corrected chi connectivity index (χ3v) is 3.35. The first-order chi connectivity index (χ1) is 10.5. The van der Waals surface area contributed by atoms with Gasteiger partial charge in [0, 0.05) is 21.7 Å². The van der Waals surface area contributed by atoms with Crippen LogP contribution in [0.3, 0.4) is 0 Å². The molecule has 0 unspecified atom stereocenters. The summed E-state index contributed by atoms with van der Waals surface area (Å²) in [7, 11) is 0. The van der Waals surface area contributed by atoms with Gasteiger partial charge in [-0.3, -0.25) is 9.59 Å². The zero-order valence-electron chi connectivity index (χ0n) is 11.6. The molecular formula is C14H12Cl2N2O4. The van der Waals surface area contributed by atoms with Crippen molar-refractivity contribution in [2.45, 2.75) is 13.3 Å². The third-order valence-electron chi connectivity index (χ3n) is 2.64. The van der Waals surface area contributed by atoms with E-state index in [1.165, 1.54) is 0 Å². The van der Waals surface area contributed by atoms with Crippen molar-refractivity contribution < 1.29 is 18.8 Å². The molecule has 0 atom stereocenters. The normalized spacial score (nSPS) is 10.3. The van der Waals surface area contributed by atoms with Gasteiger partial charge in [-0.15, -0.1) is 0 Å². The van der Waals surface area contributed by atoms with Crippen molar-refractivity contribution in [3.63, 3.8) is 0 Å². The van der Waals surface area contributed by atoms with Crippen molar-refractivity contribution in [1.82, 2.24) is 5.16 Å². The fourth-order valence-electron chi connectivity index (χ4n) is 1.65. The Hall–Kier alpha value is -2.05. The van der Waals surface area contributed by atoms with Crippen molar-refractivity contribution in [2.75, 3.05) is 11.9 Å². The summed E-state index contributed by atoms with van der Waals surface area (Å²) in [6.07, 6.45) is -0.116. The smallest absolute Gasteiger partial charge is 0.310 e. The van der Waals surface area contributed by atoms with E-state index in [0.29, 0.717) is 21.4 Å². The topological polar surface area (TPSA) is 81.4 Å². The minimum atomic E-state index is -0.610. The van der Waals surface area contributed by atoms with Gasteiger partial charge in [0.15, 0.2) is 12.4 Å². The van der Waals surface area contributed by atoms with Crippen LogP contribution < -0.4 is 5.32 Å². The predicted octanol–water partition coefficient (Wildman–Crippen LogP) is 3.01. The second-order valence-electron chi connectivity index (χ2n) is 4.41. The third kappa shape index (κ3) is 4.47. The molecule has 0 spiro atoms. The number of hydrogen-bond acceptors (Lipinski definition) is 5. The summed E-state index contributed by atoms with van der Waals surface area (Å²) in [6.45, 7) is 1.25. The van der Waals surface area contributed by atoms with E-state index < -0.39 is 18.5 Å². The number of halogens is 2. The number of benzene rings is 1. The monoisotopic (exact) mass is 342 g/mol. The summed E-state index contributed by atoms with van der Waals surface area (Å²) in [6, 6.07) is 6.46. The van der Waals surface area contributed by atoms with E-state index in [1.54, 1.807) is 31.2 Å². The van der Waals surface area contributed by atoms with E-state index in [-0.39, 0.29) is 12.2 Å². The molecule has 0 bridgehead atoms. The van der Waals surface area contributed by atoms with Crippen LogP contribution in [0.1, 0.15) is 11.3 Å². The molecule has 1 aromatic heterocycles. The second-order valence-corrected chi connectivity index (χ2v) is 5.22. The highest BCUT2D eigenvalue weighted by Crippen LogP contribution is 2.24. The molecule has 1 aromatic carbocycles. The molecule has 1 N–H and O–H groups in total. The summed E-state index contributed by atoms with van der Waals surface area (Å²) in [5, 5.41) is 6.76. The van der Waals surface area contributed by atoms with Gasteiger partial charge in [-0.05, 0) is 19.1 Å². The number of aromatic nitrogens is 1. The zero-order valence-corrected chi connectivity index (χ0v) is 13.1. The molecule has 0 aliphatic carbocycles. The highest BCUT2D eigenvalue weighted by molar-refractivity contribution is 6.36. The standard InChI is InChI=1S/C14H12Cl2N2O4/c1-8-5-12(18-22-8)17-13(19)7-21-14(20)6-9-10(15)3-2-4-11(9)16/h2-5H,6-7H2,1H3,(H,17,18,19). The molecule has 0 aliphatic rings. The molecule has 0 aliphatic heterocycles. The van der Waals surface area contributed by atoms with E-state index in [9.17, 15) is 9.59 Å². The number of hydrogen-bond donors (Lipinski definition) is 1. The lowest BCUT2D eigenvalue weighted by molar-refractivity contribution is -0.146. The van der Waals surface area contributed by atoms with Crippen LogP contribution in [0.4, 0.5) is 5.82 Å². The van der Waals surface area contributed by atoms with Crippen molar-refractivity contribution in [2.24, 2.45) is 0 Å². The molecule has 0 radical (unpaired) electrons. The fourth-order valence-corrected chi connectivity index (χ4v) is 2.18. The van der Waals surface area contributed by atoms with E-state index in [4.69, 9.17) is 32.5 Å². The molecule has 0 saturated carbocycles. The molecule has 0 saturated heterocycles. The number of amides is 1. The van der Waals surface area contributed by atoms with Crippen LogP contribution in [-0.2, 0) is 20.7 Å². The van der Waals surface area contributed by atoms with Crippen molar-refractivity contribution in [1.29, 1.82) is 0 Å². The van der Waals surface area contributed by atoms with E-state index >= 15 is 0 Å². The molecule has 8 heteroatoms. The first kappa shape index (κ1) is 16.3. The van der Waals surface area contributed by atoms with Crippen LogP contribution in [0.5, 0.6) is 0 Å². The molecule has 2 rings (SSSR count). The van der Waals surface area contributed by atoms with E-state index in [2.05, 4.69) is 10.5 Å². The number of carbonyl (C=O) groups is 2. The molecule has 1 amide bonds. The number of nitrogens with zero attached hydrogens (tertiary/aromatic N) is 1. The number of rotatable bonds is 5. The number of carbonyl (C=O) groups excluding carboxylic acids is 2. The lowest BCUT2D eigenvalue weighted by Gasteiger charge is -2.07. The molecular weight excluding hydrogens is 331 g/mol. The van der Waals surface area contributed by atoms with Crippen LogP contribution in [0.15, 0.2) is 28.8 Å². The molecule has 2 aromatic rings. The maximum absolute atomic E-state index is 11.7. The van der Waals surface area contributed by atoms with Crippen LogP contribution in [0, 0.1) is 6.92 Å². The molecule has 6 nitrogen and oxygen atoms in total. The molecule has 22 heavy (non-hydrogen) atoms. The van der Waals surface area contributed by atoms with Crippen LogP contribution in [0.2, 0.25) is 10.0 Å². The van der Waals surface area contributed by atoms with Gasteiger partial charge in [0.25, 0.3) is 5.91 Å². The Kier molecular flexibility index (Phi) is 5.41. The molecule has 116 valence electrons. The van der Waals surface area contributed by atoms with Gasteiger partial charge >= 0.3 is 5.97 Å². The fraction of sp³-hybridized carbons (Fsp3) is 0.214. The van der Waals surface area contributed by atoms with Gasteiger partial charge in [-0.25, -0.2) is 0 Å². The maximum Gasteiger partial charge on any atom is 0.310 e. The Labute approximate surface area is 136 Å². The Balaban J connectivity index is 1.84. The first-order valence-electron chi connectivity index (χ1n) is 6.27. The average molecular weight is 343 g/mol. The Morgan fingerprint density at radius 2 is 2.00 bits per heavy atom. The summed E-state index contributed by atoms with van der Waals surface area (Å²) in [4.78, 5) is 23.3. The van der Waals surface area contributed by atoms with E-state index in [1.807, 2.05) is 0 Å². The highest BCUT2D eigenvalue weighted by atomic mass is 35.5. The number of ether oxygens (including phenoxy) is 1. The van der Waals surface area contributed by atoms with Gasteiger partial charge in [0.1, 0.15) is 5.76 Å². The number of aryl methyl sites for hydroxylation is 1. The maximum atomic E-state index is 11.7. The second kappa shape index (κ2) is 7.29. The van der Waals surface area contributed by atoms with Gasteiger partial charge in [0.2, 0.25) is 0 Å². The Bertz CT molecular complexity index is 680. The minimum Gasteiger partial charge on any atom is -0.455 e. The number of esters is 1. The van der Waals surface area contributed by atoms with Gasteiger partial charge in [-0.1, -0.05) is 34.4 Å². The number of anilines is 1.